The molecule has 0 unspecified atom stereocenters. The fraction of sp³-hybridized carbons (Fsp3) is 0.448. The second-order valence-corrected chi connectivity index (χ2v) is 9.79. The summed E-state index contributed by atoms with van der Waals surface area (Å²) in [6.07, 6.45) is 2.96. The van der Waals surface area contributed by atoms with E-state index >= 15 is 0 Å². The molecule has 0 saturated carbocycles. The lowest BCUT2D eigenvalue weighted by molar-refractivity contribution is -0.157. The van der Waals surface area contributed by atoms with Crippen molar-refractivity contribution in [3.05, 3.63) is 78.1 Å². The van der Waals surface area contributed by atoms with Gasteiger partial charge in [0.1, 0.15) is 5.54 Å². The molecule has 38 heavy (non-hydrogen) atoms. The summed E-state index contributed by atoms with van der Waals surface area (Å²) in [5.74, 6) is 0.0774. The second kappa shape index (κ2) is 12.0. The Morgan fingerprint density at radius 1 is 1.03 bits per heavy atom. The van der Waals surface area contributed by atoms with E-state index in [1.54, 1.807) is 4.90 Å². The minimum atomic E-state index is -0.660. The van der Waals surface area contributed by atoms with Crippen molar-refractivity contribution >= 4 is 17.5 Å². The van der Waals surface area contributed by atoms with Gasteiger partial charge in [-0.15, -0.1) is 0 Å². The lowest BCUT2D eigenvalue weighted by Gasteiger charge is -2.43. The molecular formula is C29H35N3O6. The Labute approximate surface area is 223 Å². The Morgan fingerprint density at radius 3 is 2.45 bits per heavy atom. The molecule has 3 aliphatic heterocycles. The zero-order valence-corrected chi connectivity index (χ0v) is 21.5. The highest BCUT2D eigenvalue weighted by Crippen LogP contribution is 2.37. The summed E-state index contributed by atoms with van der Waals surface area (Å²) in [5.41, 5.74) is 1.43. The molecular weight excluding hydrogens is 486 g/mol. The molecule has 3 aliphatic rings. The van der Waals surface area contributed by atoms with Crippen molar-refractivity contribution in [3.63, 3.8) is 0 Å². The summed E-state index contributed by atoms with van der Waals surface area (Å²) in [6, 6.07) is 19.9. The Kier molecular flexibility index (Phi) is 8.26. The van der Waals surface area contributed by atoms with Crippen LogP contribution in [0.3, 0.4) is 0 Å². The number of nitrogens with one attached hydrogen (secondary N) is 1. The number of benzene rings is 2. The largest absolute Gasteiger partial charge is 0.459 e. The molecule has 2 N–H and O–H groups in total. The number of nitrogens with zero attached hydrogens (tertiary/aromatic N) is 2. The Morgan fingerprint density at radius 2 is 1.74 bits per heavy atom. The van der Waals surface area contributed by atoms with E-state index < -0.39 is 11.8 Å². The van der Waals surface area contributed by atoms with Gasteiger partial charge in [-0.25, -0.2) is 0 Å². The predicted octanol–water partition coefficient (Wildman–Crippen LogP) is 2.38. The summed E-state index contributed by atoms with van der Waals surface area (Å²) in [5, 5.41) is 11.9. The number of carbonyl (C=O) groups excluding carboxylic acids is 2. The van der Waals surface area contributed by atoms with Crippen LogP contribution >= 0.6 is 0 Å². The van der Waals surface area contributed by atoms with E-state index in [9.17, 15) is 9.59 Å². The van der Waals surface area contributed by atoms with Crippen LogP contribution in [0.15, 0.2) is 72.5 Å². The van der Waals surface area contributed by atoms with Gasteiger partial charge in [0.05, 0.1) is 33.1 Å². The van der Waals surface area contributed by atoms with Gasteiger partial charge in [0, 0.05) is 31.1 Å². The summed E-state index contributed by atoms with van der Waals surface area (Å²) in [7, 11) is 0. The number of anilines is 1. The first kappa shape index (κ1) is 26.2. The summed E-state index contributed by atoms with van der Waals surface area (Å²) >= 11 is 0. The first-order valence-corrected chi connectivity index (χ1v) is 13.2. The van der Waals surface area contributed by atoms with Crippen LogP contribution in [0.4, 0.5) is 5.69 Å². The SMILES string of the molecule is O=C(C1=C[C@H](c2ccccc2)C[C@H](OCCOCCO)O1)N1CCC2(CC1)C(=O)NCN2c1ccccc1. The van der Waals surface area contributed by atoms with Gasteiger partial charge in [-0.05, 0) is 36.6 Å². The van der Waals surface area contributed by atoms with E-state index in [4.69, 9.17) is 19.3 Å². The van der Waals surface area contributed by atoms with Gasteiger partial charge in [0.25, 0.3) is 5.91 Å². The third-order valence-electron chi connectivity index (χ3n) is 7.55. The quantitative estimate of drug-likeness (QED) is 0.489. The second-order valence-electron chi connectivity index (χ2n) is 9.79. The van der Waals surface area contributed by atoms with Crippen LogP contribution in [0.1, 0.15) is 30.7 Å². The van der Waals surface area contributed by atoms with Crippen molar-refractivity contribution in [2.45, 2.75) is 37.0 Å². The predicted molar refractivity (Wildman–Crippen MR) is 141 cm³/mol. The summed E-state index contributed by atoms with van der Waals surface area (Å²) in [4.78, 5) is 30.5. The average Bonchev–Trinajstić information content (AvgIpc) is 3.28. The van der Waals surface area contributed by atoms with Crippen LogP contribution in [0, 0.1) is 0 Å². The van der Waals surface area contributed by atoms with Crippen LogP contribution in [-0.2, 0) is 23.8 Å². The monoisotopic (exact) mass is 521 g/mol. The molecule has 3 heterocycles. The van der Waals surface area contributed by atoms with Gasteiger partial charge in [-0.1, -0.05) is 48.5 Å². The minimum absolute atomic E-state index is 0.0163. The molecule has 2 aromatic rings. The lowest BCUT2D eigenvalue weighted by Crippen LogP contribution is -2.57. The van der Waals surface area contributed by atoms with Crippen LogP contribution in [0.2, 0.25) is 0 Å². The molecule has 5 rings (SSSR count). The number of likely N-dealkylation sites (tertiary alicyclic amines) is 1. The molecule has 0 aliphatic carbocycles. The number of hydrogen-bond donors (Lipinski definition) is 2. The van der Waals surface area contributed by atoms with E-state index in [2.05, 4.69) is 10.2 Å². The lowest BCUT2D eigenvalue weighted by atomic mass is 9.85. The maximum atomic E-state index is 13.6. The van der Waals surface area contributed by atoms with Crippen LogP contribution < -0.4 is 10.2 Å². The third-order valence-corrected chi connectivity index (χ3v) is 7.55. The van der Waals surface area contributed by atoms with Crippen LogP contribution in [0.25, 0.3) is 0 Å². The average molecular weight is 522 g/mol. The van der Waals surface area contributed by atoms with E-state index in [1.165, 1.54) is 0 Å². The fourth-order valence-corrected chi connectivity index (χ4v) is 5.52. The van der Waals surface area contributed by atoms with Crippen molar-refractivity contribution < 1.29 is 28.9 Å². The van der Waals surface area contributed by atoms with Crippen molar-refractivity contribution in [3.8, 4) is 0 Å². The molecule has 9 nitrogen and oxygen atoms in total. The van der Waals surface area contributed by atoms with E-state index in [0.717, 1.165) is 11.3 Å². The molecule has 2 fully saturated rings. The van der Waals surface area contributed by atoms with Crippen molar-refractivity contribution in [1.29, 1.82) is 0 Å². The normalized spacial score (nSPS) is 22.7. The zero-order valence-electron chi connectivity index (χ0n) is 21.5. The Balaban J connectivity index is 1.27. The van der Waals surface area contributed by atoms with Gasteiger partial charge in [0.2, 0.25) is 12.2 Å². The highest BCUT2D eigenvalue weighted by Gasteiger charge is 2.51. The number of piperidine rings is 1. The number of amides is 2. The number of hydrogen-bond acceptors (Lipinski definition) is 7. The molecule has 9 heteroatoms. The van der Waals surface area contributed by atoms with Gasteiger partial charge < -0.3 is 34.4 Å². The molecule has 2 saturated heterocycles. The molecule has 0 bridgehead atoms. The molecule has 2 aromatic carbocycles. The smallest absolute Gasteiger partial charge is 0.288 e. The van der Waals surface area contributed by atoms with E-state index in [1.807, 2.05) is 66.7 Å². The highest BCUT2D eigenvalue weighted by atomic mass is 16.7. The van der Waals surface area contributed by atoms with Gasteiger partial charge in [-0.3, -0.25) is 9.59 Å². The number of allylic oxidation sites excluding steroid dienone is 1. The van der Waals surface area contributed by atoms with Gasteiger partial charge in [-0.2, -0.15) is 0 Å². The van der Waals surface area contributed by atoms with Gasteiger partial charge in [0.15, 0.2) is 5.76 Å². The first-order valence-electron chi connectivity index (χ1n) is 13.2. The van der Waals surface area contributed by atoms with E-state index in [-0.39, 0.29) is 36.7 Å². The van der Waals surface area contributed by atoms with Crippen molar-refractivity contribution in [2.75, 3.05) is 51.1 Å². The number of para-hydroxylation sites is 1. The number of aliphatic hydroxyl groups is 1. The van der Waals surface area contributed by atoms with E-state index in [0.29, 0.717) is 52.2 Å². The number of ether oxygens (including phenoxy) is 3. The third kappa shape index (κ3) is 5.55. The maximum Gasteiger partial charge on any atom is 0.288 e. The first-order chi connectivity index (χ1) is 18.6. The van der Waals surface area contributed by atoms with Crippen molar-refractivity contribution in [1.82, 2.24) is 10.2 Å². The molecule has 202 valence electrons. The fourth-order valence-electron chi connectivity index (χ4n) is 5.52. The molecule has 0 radical (unpaired) electrons. The molecule has 2 atom stereocenters. The molecule has 2 amide bonds. The highest BCUT2D eigenvalue weighted by molar-refractivity contribution is 5.95. The maximum absolute atomic E-state index is 13.6. The van der Waals surface area contributed by atoms with Crippen molar-refractivity contribution in [2.24, 2.45) is 0 Å². The Bertz CT molecular complexity index is 1120. The summed E-state index contributed by atoms with van der Waals surface area (Å²) in [6.45, 7) is 2.20. The van der Waals surface area contributed by atoms with Crippen LogP contribution in [-0.4, -0.2) is 79.8 Å². The Hall–Kier alpha value is -3.40. The number of rotatable bonds is 9. The summed E-state index contributed by atoms with van der Waals surface area (Å²) < 4.78 is 17.2. The van der Waals surface area contributed by atoms with Crippen LogP contribution in [0.5, 0.6) is 0 Å². The standard InChI is InChI=1S/C29H35N3O6/c33-15-16-36-17-18-37-26-20-23(22-7-3-1-4-8-22)19-25(38-26)27(34)31-13-11-29(12-14-31)28(35)30-21-32(29)24-9-5-2-6-10-24/h1-10,19,23,26,33H,11-18,20-21H2,(H,30,35)/t23-,26+/m0/s1. The van der Waals surface area contributed by atoms with Gasteiger partial charge >= 0.3 is 0 Å². The zero-order chi connectivity index (χ0) is 26.4. The molecule has 0 aromatic heterocycles. The minimum Gasteiger partial charge on any atom is -0.459 e. The number of carbonyl (C=O) groups is 2. The topological polar surface area (TPSA) is 101 Å². The number of aliphatic hydroxyl groups excluding tert-OH is 1. The molecule has 1 spiro atoms.